The third kappa shape index (κ3) is 3.85. The van der Waals surface area contributed by atoms with Crippen LogP contribution in [0.15, 0.2) is 42.5 Å². The minimum atomic E-state index is -0.688. The lowest BCUT2D eigenvalue weighted by Crippen LogP contribution is -2.51. The Kier molecular flexibility index (Phi) is 5.01. The van der Waals surface area contributed by atoms with E-state index in [0.717, 1.165) is 5.69 Å². The number of halogens is 1. The molecule has 0 saturated carbocycles. The molecule has 146 valence electrons. The maximum Gasteiger partial charge on any atom is 0.313 e. The first-order chi connectivity index (χ1) is 13.6. The highest BCUT2D eigenvalue weighted by atomic mass is 19.1. The fourth-order valence-corrected chi connectivity index (χ4v) is 3.27. The summed E-state index contributed by atoms with van der Waals surface area (Å²) in [5, 5.41) is 2.62. The Bertz CT molecular complexity index is 880. The molecule has 1 N–H and O–H groups in total. The van der Waals surface area contributed by atoms with Gasteiger partial charge in [-0.1, -0.05) is 0 Å². The Hall–Kier alpha value is -3.29. The molecule has 0 unspecified atom stereocenters. The number of amides is 2. The molecule has 2 aliphatic heterocycles. The van der Waals surface area contributed by atoms with Crippen molar-refractivity contribution in [1.82, 2.24) is 4.90 Å². The predicted octanol–water partition coefficient (Wildman–Crippen LogP) is 1.88. The molecule has 1 fully saturated rings. The highest BCUT2D eigenvalue weighted by Gasteiger charge is 2.26. The van der Waals surface area contributed by atoms with E-state index in [4.69, 9.17) is 9.47 Å². The first-order valence-corrected chi connectivity index (χ1v) is 9.10. The van der Waals surface area contributed by atoms with Crippen molar-refractivity contribution in [1.29, 1.82) is 0 Å². The van der Waals surface area contributed by atoms with Gasteiger partial charge in [0.15, 0.2) is 11.5 Å². The summed E-state index contributed by atoms with van der Waals surface area (Å²) < 4.78 is 24.0. The fourth-order valence-electron chi connectivity index (χ4n) is 3.27. The third-order valence-electron chi connectivity index (χ3n) is 4.75. The van der Waals surface area contributed by atoms with E-state index in [-0.39, 0.29) is 5.82 Å². The van der Waals surface area contributed by atoms with Crippen LogP contribution < -0.4 is 19.7 Å². The lowest BCUT2D eigenvalue weighted by atomic mass is 10.2. The van der Waals surface area contributed by atoms with E-state index in [0.29, 0.717) is 56.6 Å². The van der Waals surface area contributed by atoms with Crippen molar-refractivity contribution in [2.24, 2.45) is 0 Å². The SMILES string of the molecule is O=C(Nc1ccc2c(c1)OCCO2)C(=O)N1CCN(c2ccc(F)cc2)CC1. The highest BCUT2D eigenvalue weighted by Crippen LogP contribution is 2.32. The number of nitrogens with one attached hydrogen (secondary N) is 1. The number of benzene rings is 2. The summed E-state index contributed by atoms with van der Waals surface area (Å²) in [4.78, 5) is 28.4. The zero-order chi connectivity index (χ0) is 19.5. The molecule has 0 aliphatic carbocycles. The monoisotopic (exact) mass is 385 g/mol. The standard InChI is InChI=1S/C20H20FN3O4/c21-14-1-4-16(5-2-14)23-7-9-24(10-8-23)20(26)19(25)22-15-3-6-17-18(13-15)28-12-11-27-17/h1-6,13H,7-12H2,(H,22,25). The van der Waals surface area contributed by atoms with Crippen molar-refractivity contribution in [3.05, 3.63) is 48.3 Å². The number of anilines is 2. The summed E-state index contributed by atoms with van der Waals surface area (Å²) in [5.41, 5.74) is 1.38. The molecule has 8 heteroatoms. The van der Waals surface area contributed by atoms with Gasteiger partial charge in [-0.2, -0.15) is 0 Å². The van der Waals surface area contributed by atoms with Crippen LogP contribution in [0.4, 0.5) is 15.8 Å². The Balaban J connectivity index is 1.33. The molecule has 1 saturated heterocycles. The van der Waals surface area contributed by atoms with E-state index in [1.54, 1.807) is 30.3 Å². The first-order valence-electron chi connectivity index (χ1n) is 9.10. The van der Waals surface area contributed by atoms with Crippen molar-refractivity contribution in [3.63, 3.8) is 0 Å². The van der Waals surface area contributed by atoms with Crippen LogP contribution >= 0.6 is 0 Å². The number of hydrogen-bond acceptors (Lipinski definition) is 5. The molecule has 28 heavy (non-hydrogen) atoms. The molecule has 0 atom stereocenters. The largest absolute Gasteiger partial charge is 0.486 e. The molecule has 0 radical (unpaired) electrons. The summed E-state index contributed by atoms with van der Waals surface area (Å²) >= 11 is 0. The van der Waals surface area contributed by atoms with E-state index >= 15 is 0 Å². The average molecular weight is 385 g/mol. The second-order valence-electron chi connectivity index (χ2n) is 6.57. The van der Waals surface area contributed by atoms with Gasteiger partial charge in [0.25, 0.3) is 0 Å². The molecule has 7 nitrogen and oxygen atoms in total. The summed E-state index contributed by atoms with van der Waals surface area (Å²) in [6.07, 6.45) is 0. The van der Waals surface area contributed by atoms with Gasteiger partial charge in [0.2, 0.25) is 0 Å². The lowest BCUT2D eigenvalue weighted by molar-refractivity contribution is -0.143. The fraction of sp³-hybridized carbons (Fsp3) is 0.300. The number of piperazine rings is 1. The lowest BCUT2D eigenvalue weighted by Gasteiger charge is -2.35. The number of fused-ring (bicyclic) bond motifs is 1. The van der Waals surface area contributed by atoms with Crippen LogP contribution in [-0.2, 0) is 9.59 Å². The van der Waals surface area contributed by atoms with Crippen molar-refractivity contribution in [3.8, 4) is 11.5 Å². The van der Waals surface area contributed by atoms with Gasteiger partial charge in [0.05, 0.1) is 0 Å². The van der Waals surface area contributed by atoms with Crippen LogP contribution in [0.5, 0.6) is 11.5 Å². The van der Waals surface area contributed by atoms with Gasteiger partial charge in [0, 0.05) is 43.6 Å². The van der Waals surface area contributed by atoms with Gasteiger partial charge in [-0.3, -0.25) is 9.59 Å². The predicted molar refractivity (Wildman–Crippen MR) is 101 cm³/mol. The van der Waals surface area contributed by atoms with Gasteiger partial charge in [-0.05, 0) is 36.4 Å². The van der Waals surface area contributed by atoms with Gasteiger partial charge in [0.1, 0.15) is 19.0 Å². The molecule has 0 spiro atoms. The van der Waals surface area contributed by atoms with Crippen molar-refractivity contribution in [2.45, 2.75) is 0 Å². The van der Waals surface area contributed by atoms with Crippen LogP contribution in [-0.4, -0.2) is 56.1 Å². The van der Waals surface area contributed by atoms with Crippen molar-refractivity contribution in [2.75, 3.05) is 49.6 Å². The number of carbonyl (C=O) groups is 2. The first kappa shape index (κ1) is 18.1. The molecule has 4 rings (SSSR count). The number of carbonyl (C=O) groups excluding carboxylic acids is 2. The molecule has 0 aromatic heterocycles. The normalized spacial score (nSPS) is 15.9. The number of nitrogens with zero attached hydrogens (tertiary/aromatic N) is 2. The van der Waals surface area contributed by atoms with E-state index < -0.39 is 11.8 Å². The molecule has 2 heterocycles. The van der Waals surface area contributed by atoms with Gasteiger partial charge in [-0.25, -0.2) is 4.39 Å². The minimum absolute atomic E-state index is 0.284. The van der Waals surface area contributed by atoms with Gasteiger partial charge in [-0.15, -0.1) is 0 Å². The Morgan fingerprint density at radius 3 is 2.29 bits per heavy atom. The number of rotatable bonds is 2. The highest BCUT2D eigenvalue weighted by molar-refractivity contribution is 6.39. The number of hydrogen-bond donors (Lipinski definition) is 1. The maximum atomic E-state index is 13.1. The van der Waals surface area contributed by atoms with E-state index in [1.165, 1.54) is 17.0 Å². The molecular formula is C20H20FN3O4. The molecular weight excluding hydrogens is 365 g/mol. The zero-order valence-electron chi connectivity index (χ0n) is 15.2. The molecule has 2 amide bonds. The van der Waals surface area contributed by atoms with E-state index in [9.17, 15) is 14.0 Å². The Morgan fingerprint density at radius 2 is 1.57 bits per heavy atom. The maximum absolute atomic E-state index is 13.1. The van der Waals surface area contributed by atoms with E-state index in [2.05, 4.69) is 10.2 Å². The molecule has 0 bridgehead atoms. The van der Waals surface area contributed by atoms with Gasteiger partial charge >= 0.3 is 11.8 Å². The summed E-state index contributed by atoms with van der Waals surface area (Å²) in [6, 6.07) is 11.3. The van der Waals surface area contributed by atoms with Crippen LogP contribution in [0, 0.1) is 5.82 Å². The van der Waals surface area contributed by atoms with Crippen molar-refractivity contribution < 1.29 is 23.5 Å². The third-order valence-corrected chi connectivity index (χ3v) is 4.75. The molecule has 2 aromatic carbocycles. The van der Waals surface area contributed by atoms with Crippen molar-refractivity contribution >= 4 is 23.2 Å². The molecule has 2 aromatic rings. The topological polar surface area (TPSA) is 71.1 Å². The Morgan fingerprint density at radius 1 is 0.893 bits per heavy atom. The zero-order valence-corrected chi connectivity index (χ0v) is 15.2. The van der Waals surface area contributed by atoms with Crippen LogP contribution in [0.3, 0.4) is 0 Å². The summed E-state index contributed by atoms with van der Waals surface area (Å²) in [5.74, 6) is -0.383. The quantitative estimate of drug-likeness (QED) is 0.800. The van der Waals surface area contributed by atoms with Gasteiger partial charge < -0.3 is 24.6 Å². The van der Waals surface area contributed by atoms with Crippen LogP contribution in [0.25, 0.3) is 0 Å². The molecule has 2 aliphatic rings. The summed E-state index contributed by atoms with van der Waals surface area (Å²) in [6.45, 7) is 2.93. The Labute approximate surface area is 161 Å². The second kappa shape index (κ2) is 7.75. The minimum Gasteiger partial charge on any atom is -0.486 e. The van der Waals surface area contributed by atoms with Crippen LogP contribution in [0.1, 0.15) is 0 Å². The second-order valence-corrected chi connectivity index (χ2v) is 6.57. The van der Waals surface area contributed by atoms with E-state index in [1.807, 2.05) is 0 Å². The number of ether oxygens (including phenoxy) is 2. The van der Waals surface area contributed by atoms with Crippen LogP contribution in [0.2, 0.25) is 0 Å². The smallest absolute Gasteiger partial charge is 0.313 e. The average Bonchev–Trinajstić information content (AvgIpc) is 2.74. The summed E-state index contributed by atoms with van der Waals surface area (Å²) in [7, 11) is 0.